The van der Waals surface area contributed by atoms with Gasteiger partial charge in [-0.2, -0.15) is 0 Å². The van der Waals surface area contributed by atoms with Gasteiger partial charge in [0, 0.05) is 28.3 Å². The number of halogens is 2. The lowest BCUT2D eigenvalue weighted by atomic mass is 10.2. The normalized spacial score (nSPS) is 10.2. The molecule has 0 aliphatic rings. The second kappa shape index (κ2) is 8.69. The van der Waals surface area contributed by atoms with Crippen LogP contribution in [0.1, 0.15) is 17.3 Å². The molecule has 0 aliphatic heterocycles. The van der Waals surface area contributed by atoms with E-state index in [4.69, 9.17) is 23.2 Å². The molecule has 1 N–H and O–H groups in total. The molecule has 0 saturated carbocycles. The third-order valence-electron chi connectivity index (χ3n) is 3.41. The SMILES string of the molecule is COC(=O)c1cccc(N(CC(=O)Nc2cc(Cl)cc(Cl)c2)C(C)=O)c1. The van der Waals surface area contributed by atoms with Crippen LogP contribution in [0.15, 0.2) is 42.5 Å². The molecular weight excluding hydrogens is 379 g/mol. The molecule has 0 spiro atoms. The van der Waals surface area contributed by atoms with Gasteiger partial charge < -0.3 is 15.0 Å². The number of amides is 2. The highest BCUT2D eigenvalue weighted by Crippen LogP contribution is 2.23. The van der Waals surface area contributed by atoms with Crippen molar-refractivity contribution in [2.75, 3.05) is 23.9 Å². The molecule has 6 nitrogen and oxygen atoms in total. The molecule has 0 bridgehead atoms. The predicted octanol–water partition coefficient (Wildman–Crippen LogP) is 3.77. The molecule has 8 heteroatoms. The quantitative estimate of drug-likeness (QED) is 0.782. The van der Waals surface area contributed by atoms with Crippen molar-refractivity contribution >= 4 is 52.4 Å². The Labute approximate surface area is 160 Å². The third kappa shape index (κ3) is 5.21. The van der Waals surface area contributed by atoms with Gasteiger partial charge in [-0.25, -0.2) is 4.79 Å². The van der Waals surface area contributed by atoms with Crippen LogP contribution in [0, 0.1) is 0 Å². The molecule has 26 heavy (non-hydrogen) atoms. The van der Waals surface area contributed by atoms with Crippen LogP contribution in [0.3, 0.4) is 0 Å². The monoisotopic (exact) mass is 394 g/mol. The topological polar surface area (TPSA) is 75.7 Å². The third-order valence-corrected chi connectivity index (χ3v) is 3.84. The highest BCUT2D eigenvalue weighted by atomic mass is 35.5. The number of carbonyl (C=O) groups excluding carboxylic acids is 3. The molecular formula is C18H16Cl2N2O4. The largest absolute Gasteiger partial charge is 0.465 e. The number of ether oxygens (including phenoxy) is 1. The summed E-state index contributed by atoms with van der Waals surface area (Å²) in [6.07, 6.45) is 0. The Morgan fingerprint density at radius 1 is 1.08 bits per heavy atom. The van der Waals surface area contributed by atoms with Crippen LogP contribution in [0.5, 0.6) is 0 Å². The summed E-state index contributed by atoms with van der Waals surface area (Å²) >= 11 is 11.8. The van der Waals surface area contributed by atoms with Crippen LogP contribution in [0.4, 0.5) is 11.4 Å². The molecule has 0 heterocycles. The minimum Gasteiger partial charge on any atom is -0.465 e. The van der Waals surface area contributed by atoms with Crippen molar-refractivity contribution in [2.45, 2.75) is 6.92 Å². The number of carbonyl (C=O) groups is 3. The Kier molecular flexibility index (Phi) is 6.60. The fraction of sp³-hybridized carbons (Fsp3) is 0.167. The van der Waals surface area contributed by atoms with Gasteiger partial charge in [0.15, 0.2) is 0 Å². The number of methoxy groups -OCH3 is 1. The van der Waals surface area contributed by atoms with E-state index in [0.717, 1.165) is 0 Å². The number of rotatable bonds is 5. The predicted molar refractivity (Wildman–Crippen MR) is 101 cm³/mol. The van der Waals surface area contributed by atoms with Crippen molar-refractivity contribution in [3.05, 3.63) is 58.1 Å². The van der Waals surface area contributed by atoms with Crippen molar-refractivity contribution in [3.8, 4) is 0 Å². The van der Waals surface area contributed by atoms with E-state index in [2.05, 4.69) is 10.1 Å². The van der Waals surface area contributed by atoms with Crippen molar-refractivity contribution in [1.82, 2.24) is 0 Å². The van der Waals surface area contributed by atoms with Crippen LogP contribution in [-0.4, -0.2) is 31.4 Å². The van der Waals surface area contributed by atoms with Crippen LogP contribution in [-0.2, 0) is 14.3 Å². The van der Waals surface area contributed by atoms with Gasteiger partial charge in [0.2, 0.25) is 11.8 Å². The van der Waals surface area contributed by atoms with Crippen molar-refractivity contribution < 1.29 is 19.1 Å². The lowest BCUT2D eigenvalue weighted by molar-refractivity contribution is -0.120. The first-order valence-electron chi connectivity index (χ1n) is 7.52. The molecule has 136 valence electrons. The van der Waals surface area contributed by atoms with Crippen molar-refractivity contribution in [2.24, 2.45) is 0 Å². The summed E-state index contributed by atoms with van der Waals surface area (Å²) in [6, 6.07) is 10.9. The van der Waals surface area contributed by atoms with Crippen LogP contribution >= 0.6 is 23.2 Å². The smallest absolute Gasteiger partial charge is 0.337 e. The van der Waals surface area contributed by atoms with Crippen LogP contribution in [0.2, 0.25) is 10.0 Å². The molecule has 0 saturated heterocycles. The average Bonchev–Trinajstić information content (AvgIpc) is 2.57. The molecule has 0 atom stereocenters. The molecule has 0 aromatic heterocycles. The maximum atomic E-state index is 12.3. The standard InChI is InChI=1S/C18H16Cl2N2O4/c1-11(23)22(16-5-3-4-12(6-16)18(25)26-2)10-17(24)21-15-8-13(19)7-14(20)9-15/h3-9H,10H2,1-2H3,(H,21,24). The van der Waals surface area contributed by atoms with E-state index >= 15 is 0 Å². The molecule has 0 unspecified atom stereocenters. The summed E-state index contributed by atoms with van der Waals surface area (Å²) in [6.45, 7) is 1.08. The zero-order valence-corrected chi connectivity index (χ0v) is 15.6. The molecule has 2 aromatic carbocycles. The second-order valence-electron chi connectivity index (χ2n) is 5.35. The summed E-state index contributed by atoms with van der Waals surface area (Å²) in [5.74, 6) is -1.33. The maximum absolute atomic E-state index is 12.3. The number of nitrogens with zero attached hydrogens (tertiary/aromatic N) is 1. The molecule has 0 aliphatic carbocycles. The number of benzene rings is 2. The van der Waals surface area contributed by atoms with Crippen molar-refractivity contribution in [3.63, 3.8) is 0 Å². The fourth-order valence-electron chi connectivity index (χ4n) is 2.27. The average molecular weight is 395 g/mol. The van der Waals surface area contributed by atoms with E-state index in [-0.39, 0.29) is 18.0 Å². The second-order valence-corrected chi connectivity index (χ2v) is 6.23. The number of anilines is 2. The van der Waals surface area contributed by atoms with E-state index in [1.165, 1.54) is 25.0 Å². The van der Waals surface area contributed by atoms with Gasteiger partial charge in [-0.3, -0.25) is 9.59 Å². The van der Waals surface area contributed by atoms with Gasteiger partial charge in [-0.05, 0) is 36.4 Å². The summed E-state index contributed by atoms with van der Waals surface area (Å²) in [5, 5.41) is 3.39. The van der Waals surface area contributed by atoms with Gasteiger partial charge in [-0.1, -0.05) is 29.3 Å². The van der Waals surface area contributed by atoms with Crippen LogP contribution < -0.4 is 10.2 Å². The Morgan fingerprint density at radius 2 is 1.73 bits per heavy atom. The van der Waals surface area contributed by atoms with E-state index < -0.39 is 11.9 Å². The Morgan fingerprint density at radius 3 is 2.31 bits per heavy atom. The van der Waals surface area contributed by atoms with E-state index in [0.29, 0.717) is 21.4 Å². The van der Waals surface area contributed by atoms with Crippen LogP contribution in [0.25, 0.3) is 0 Å². The maximum Gasteiger partial charge on any atom is 0.337 e. The Hall–Kier alpha value is -2.57. The van der Waals surface area contributed by atoms with E-state index in [1.807, 2.05) is 0 Å². The van der Waals surface area contributed by atoms with Gasteiger partial charge in [0.25, 0.3) is 0 Å². The summed E-state index contributed by atoms with van der Waals surface area (Å²) in [7, 11) is 1.27. The summed E-state index contributed by atoms with van der Waals surface area (Å²) < 4.78 is 4.67. The minimum atomic E-state index is -0.534. The van der Waals surface area contributed by atoms with Crippen molar-refractivity contribution in [1.29, 1.82) is 0 Å². The lowest BCUT2D eigenvalue weighted by Crippen LogP contribution is -2.36. The first-order valence-corrected chi connectivity index (χ1v) is 8.28. The Balaban J connectivity index is 2.19. The lowest BCUT2D eigenvalue weighted by Gasteiger charge is -2.21. The van der Waals surface area contributed by atoms with E-state index in [9.17, 15) is 14.4 Å². The number of nitrogens with one attached hydrogen (secondary N) is 1. The van der Waals surface area contributed by atoms with Gasteiger partial charge in [0.1, 0.15) is 6.54 Å². The zero-order valence-electron chi connectivity index (χ0n) is 14.1. The van der Waals surface area contributed by atoms with Gasteiger partial charge in [0.05, 0.1) is 12.7 Å². The first kappa shape index (κ1) is 19.8. The fourth-order valence-corrected chi connectivity index (χ4v) is 2.80. The summed E-state index contributed by atoms with van der Waals surface area (Å²) in [5.41, 5.74) is 1.09. The molecule has 2 rings (SSSR count). The van der Waals surface area contributed by atoms with E-state index in [1.54, 1.807) is 36.4 Å². The first-order chi connectivity index (χ1) is 12.3. The Bertz CT molecular complexity index is 835. The number of esters is 1. The molecule has 0 radical (unpaired) electrons. The molecule has 0 fully saturated rings. The minimum absolute atomic E-state index is 0.246. The highest BCUT2D eigenvalue weighted by molar-refractivity contribution is 6.35. The molecule has 2 amide bonds. The van der Waals surface area contributed by atoms with Gasteiger partial charge >= 0.3 is 5.97 Å². The zero-order chi connectivity index (χ0) is 19.3. The molecule has 2 aromatic rings. The summed E-state index contributed by atoms with van der Waals surface area (Å²) in [4.78, 5) is 37.2. The number of hydrogen-bond acceptors (Lipinski definition) is 4. The number of hydrogen-bond donors (Lipinski definition) is 1. The van der Waals surface area contributed by atoms with Gasteiger partial charge in [-0.15, -0.1) is 0 Å². The highest BCUT2D eigenvalue weighted by Gasteiger charge is 2.18.